The molecule has 1 fully saturated rings. The molecule has 1 saturated heterocycles. The maximum Gasteiger partial charge on any atom is 0.203 e. The van der Waals surface area contributed by atoms with Crippen LogP contribution in [0.4, 0.5) is 0 Å². The van der Waals surface area contributed by atoms with E-state index in [1.54, 1.807) is 7.11 Å². The topological polar surface area (TPSA) is 34.7 Å². The number of benzene rings is 1. The summed E-state index contributed by atoms with van der Waals surface area (Å²) in [5, 5.41) is 4.65. The quantitative estimate of drug-likeness (QED) is 0.679. The second-order valence-electron chi connectivity index (χ2n) is 6.10. The normalized spacial score (nSPS) is 18.3. The van der Waals surface area contributed by atoms with Crippen LogP contribution in [0.1, 0.15) is 24.4 Å². The average molecular weight is 340 g/mol. The Bertz CT molecular complexity index is 899. The first-order valence-corrected chi connectivity index (χ1v) is 8.59. The van der Waals surface area contributed by atoms with Gasteiger partial charge >= 0.3 is 0 Å². The SMILES string of the molecule is COc1ccc([C@H]2CCCN2Cn2nc3ccccn3c2=S)cc1. The summed E-state index contributed by atoms with van der Waals surface area (Å²) in [5.41, 5.74) is 2.21. The molecular weight excluding hydrogens is 320 g/mol. The highest BCUT2D eigenvalue weighted by Gasteiger charge is 2.26. The number of aromatic nitrogens is 3. The summed E-state index contributed by atoms with van der Waals surface area (Å²) in [6.07, 6.45) is 4.32. The fourth-order valence-corrected chi connectivity index (χ4v) is 3.68. The smallest absolute Gasteiger partial charge is 0.203 e. The minimum Gasteiger partial charge on any atom is -0.497 e. The largest absolute Gasteiger partial charge is 0.497 e. The Labute approximate surface area is 146 Å². The van der Waals surface area contributed by atoms with Gasteiger partial charge in [0.25, 0.3) is 0 Å². The van der Waals surface area contributed by atoms with Crippen LogP contribution in [0.2, 0.25) is 0 Å². The van der Waals surface area contributed by atoms with Gasteiger partial charge in [0.1, 0.15) is 5.75 Å². The van der Waals surface area contributed by atoms with E-state index in [0.717, 1.165) is 35.8 Å². The van der Waals surface area contributed by atoms with Crippen molar-refractivity contribution in [2.24, 2.45) is 0 Å². The standard InChI is InChI=1S/C18H20N4OS/c1-23-15-9-7-14(8-10-15)16-5-4-11-20(16)13-22-18(24)21-12-3-2-6-17(21)19-22/h2-3,6-10,12,16H,4-5,11,13H2,1H3/t16-/m1/s1. The van der Waals surface area contributed by atoms with Crippen LogP contribution in [-0.2, 0) is 6.67 Å². The first kappa shape index (κ1) is 15.4. The predicted octanol–water partition coefficient (Wildman–Crippen LogP) is 3.67. The van der Waals surface area contributed by atoms with Crippen molar-refractivity contribution in [1.29, 1.82) is 0 Å². The Morgan fingerprint density at radius 1 is 1.21 bits per heavy atom. The lowest BCUT2D eigenvalue weighted by Crippen LogP contribution is -2.26. The van der Waals surface area contributed by atoms with Gasteiger partial charge in [-0.1, -0.05) is 18.2 Å². The third-order valence-electron chi connectivity index (χ3n) is 4.67. The monoisotopic (exact) mass is 340 g/mol. The second-order valence-corrected chi connectivity index (χ2v) is 6.46. The number of hydrogen-bond donors (Lipinski definition) is 0. The number of methoxy groups -OCH3 is 1. The predicted molar refractivity (Wildman–Crippen MR) is 95.7 cm³/mol. The number of rotatable bonds is 4. The lowest BCUT2D eigenvalue weighted by Gasteiger charge is -2.24. The fourth-order valence-electron chi connectivity index (χ4n) is 3.43. The minimum absolute atomic E-state index is 0.405. The van der Waals surface area contributed by atoms with Crippen molar-refractivity contribution >= 4 is 17.9 Å². The van der Waals surface area contributed by atoms with Crippen molar-refractivity contribution in [3.63, 3.8) is 0 Å². The lowest BCUT2D eigenvalue weighted by molar-refractivity contribution is 0.190. The molecule has 3 aromatic rings. The molecular formula is C18H20N4OS. The summed E-state index contributed by atoms with van der Waals surface area (Å²) in [7, 11) is 1.70. The summed E-state index contributed by atoms with van der Waals surface area (Å²) >= 11 is 5.57. The molecule has 0 saturated carbocycles. The summed E-state index contributed by atoms with van der Waals surface area (Å²) in [4.78, 5) is 2.45. The van der Waals surface area contributed by atoms with Crippen molar-refractivity contribution in [2.45, 2.75) is 25.6 Å². The molecule has 4 rings (SSSR count). The summed E-state index contributed by atoms with van der Waals surface area (Å²) < 4.78 is 9.88. The van der Waals surface area contributed by atoms with Crippen molar-refractivity contribution in [3.8, 4) is 5.75 Å². The summed E-state index contributed by atoms with van der Waals surface area (Å²) in [6, 6.07) is 14.7. The van der Waals surface area contributed by atoms with Crippen LogP contribution >= 0.6 is 12.2 Å². The number of pyridine rings is 1. The van der Waals surface area contributed by atoms with Crippen LogP contribution in [0.15, 0.2) is 48.7 Å². The second kappa shape index (κ2) is 6.37. The molecule has 2 aromatic heterocycles. The van der Waals surface area contributed by atoms with E-state index in [1.807, 2.05) is 45.6 Å². The minimum atomic E-state index is 0.405. The van der Waals surface area contributed by atoms with Gasteiger partial charge in [0.2, 0.25) is 4.77 Å². The van der Waals surface area contributed by atoms with Gasteiger partial charge < -0.3 is 4.74 Å². The number of likely N-dealkylation sites (tertiary alicyclic amines) is 1. The zero-order chi connectivity index (χ0) is 16.5. The van der Waals surface area contributed by atoms with Crippen molar-refractivity contribution < 1.29 is 4.74 Å². The molecule has 0 amide bonds. The van der Waals surface area contributed by atoms with E-state index >= 15 is 0 Å². The molecule has 3 heterocycles. The van der Waals surface area contributed by atoms with Crippen molar-refractivity contribution in [1.82, 2.24) is 19.1 Å². The first-order valence-electron chi connectivity index (χ1n) is 8.18. The number of fused-ring (bicyclic) bond motifs is 1. The molecule has 24 heavy (non-hydrogen) atoms. The Balaban J connectivity index is 1.60. The maximum atomic E-state index is 5.57. The Morgan fingerprint density at radius 3 is 2.79 bits per heavy atom. The highest BCUT2D eigenvalue weighted by molar-refractivity contribution is 7.71. The zero-order valence-electron chi connectivity index (χ0n) is 13.6. The van der Waals surface area contributed by atoms with Crippen LogP contribution in [0.5, 0.6) is 5.75 Å². The molecule has 1 aliphatic rings. The number of hydrogen-bond acceptors (Lipinski definition) is 4. The van der Waals surface area contributed by atoms with Crippen molar-refractivity contribution in [3.05, 3.63) is 59.0 Å². The Kier molecular flexibility index (Phi) is 4.08. The molecule has 1 aliphatic heterocycles. The Morgan fingerprint density at radius 2 is 2.04 bits per heavy atom. The van der Waals surface area contributed by atoms with Crippen LogP contribution in [0, 0.1) is 4.77 Å². The Hall–Kier alpha value is -2.18. The van der Waals surface area contributed by atoms with Crippen LogP contribution in [0.25, 0.3) is 5.65 Å². The summed E-state index contributed by atoms with van der Waals surface area (Å²) in [6.45, 7) is 1.78. The van der Waals surface area contributed by atoms with Crippen LogP contribution in [-0.4, -0.2) is 32.7 Å². The molecule has 0 bridgehead atoms. The van der Waals surface area contributed by atoms with Gasteiger partial charge in [0.05, 0.1) is 13.8 Å². The van der Waals surface area contributed by atoms with Gasteiger partial charge in [-0.25, -0.2) is 4.68 Å². The van der Waals surface area contributed by atoms with E-state index in [4.69, 9.17) is 17.0 Å². The molecule has 124 valence electrons. The molecule has 1 atom stereocenters. The molecule has 0 N–H and O–H groups in total. The van der Waals surface area contributed by atoms with E-state index in [0.29, 0.717) is 6.04 Å². The van der Waals surface area contributed by atoms with Gasteiger partial charge in [0.15, 0.2) is 5.65 Å². The average Bonchev–Trinajstić information content (AvgIpc) is 3.21. The van der Waals surface area contributed by atoms with Gasteiger partial charge in [-0.2, -0.15) is 5.10 Å². The van der Waals surface area contributed by atoms with Gasteiger partial charge in [-0.3, -0.25) is 9.30 Å². The molecule has 0 radical (unpaired) electrons. The van der Waals surface area contributed by atoms with E-state index in [-0.39, 0.29) is 0 Å². The van der Waals surface area contributed by atoms with Crippen LogP contribution in [0.3, 0.4) is 0 Å². The van der Waals surface area contributed by atoms with E-state index in [9.17, 15) is 0 Å². The van der Waals surface area contributed by atoms with E-state index < -0.39 is 0 Å². The molecule has 0 unspecified atom stereocenters. The highest BCUT2D eigenvalue weighted by Crippen LogP contribution is 2.33. The molecule has 0 spiro atoms. The van der Waals surface area contributed by atoms with Crippen LogP contribution < -0.4 is 4.74 Å². The highest BCUT2D eigenvalue weighted by atomic mass is 32.1. The molecule has 1 aromatic carbocycles. The van der Waals surface area contributed by atoms with Gasteiger partial charge in [-0.05, 0) is 54.9 Å². The first-order chi connectivity index (χ1) is 11.8. The molecule has 6 heteroatoms. The van der Waals surface area contributed by atoms with Gasteiger partial charge in [0, 0.05) is 18.8 Å². The number of nitrogens with zero attached hydrogens (tertiary/aromatic N) is 4. The zero-order valence-corrected chi connectivity index (χ0v) is 14.4. The maximum absolute atomic E-state index is 5.57. The number of ether oxygens (including phenoxy) is 1. The third-order valence-corrected chi connectivity index (χ3v) is 5.08. The van der Waals surface area contributed by atoms with Gasteiger partial charge in [-0.15, -0.1) is 0 Å². The van der Waals surface area contributed by atoms with E-state index in [1.165, 1.54) is 12.0 Å². The fraction of sp³-hybridized carbons (Fsp3) is 0.333. The third kappa shape index (κ3) is 2.72. The lowest BCUT2D eigenvalue weighted by atomic mass is 10.0. The molecule has 0 aliphatic carbocycles. The van der Waals surface area contributed by atoms with Crippen molar-refractivity contribution in [2.75, 3.05) is 13.7 Å². The molecule has 5 nitrogen and oxygen atoms in total. The van der Waals surface area contributed by atoms with E-state index in [2.05, 4.69) is 22.1 Å². The summed E-state index contributed by atoms with van der Waals surface area (Å²) in [5.74, 6) is 0.894.